The van der Waals surface area contributed by atoms with E-state index in [0.717, 1.165) is 39.2 Å². The Kier molecular flexibility index (Phi) is 7.46. The van der Waals surface area contributed by atoms with Gasteiger partial charge in [0.05, 0.1) is 39.5 Å². The van der Waals surface area contributed by atoms with Crippen molar-refractivity contribution in [3.05, 3.63) is 193 Å². The SMILES string of the molecule is C=Nc1c(C(NCn2c3c4ccccc4ccc3c3c4ccccc4c4c5ccccc5sc4c32)c2ccc3c4ccccc4n(-c4ccccc4)c3c2)oc2ccccc12. The van der Waals surface area contributed by atoms with Gasteiger partial charge in [-0.1, -0.05) is 140 Å². The average molecular weight is 801 g/mol. The summed E-state index contributed by atoms with van der Waals surface area (Å²) in [7, 11) is 0. The highest BCUT2D eigenvalue weighted by Gasteiger charge is 2.28. The molecule has 1 unspecified atom stereocenters. The van der Waals surface area contributed by atoms with E-state index in [2.05, 4.69) is 190 Å². The summed E-state index contributed by atoms with van der Waals surface area (Å²) in [5, 5.41) is 17.6. The number of rotatable bonds is 7. The molecule has 0 aliphatic rings. The van der Waals surface area contributed by atoms with Crippen LogP contribution >= 0.6 is 11.3 Å². The van der Waals surface area contributed by atoms with Gasteiger partial charge in [-0.3, -0.25) is 10.3 Å². The molecular weight excluding hydrogens is 765 g/mol. The van der Waals surface area contributed by atoms with Gasteiger partial charge in [-0.15, -0.1) is 11.3 Å². The molecule has 0 saturated carbocycles. The van der Waals surface area contributed by atoms with Crippen LogP contribution in [0.1, 0.15) is 17.4 Å². The van der Waals surface area contributed by atoms with Crippen LogP contribution in [0.25, 0.3) is 102 Å². The van der Waals surface area contributed by atoms with Crippen LogP contribution in [0.4, 0.5) is 5.69 Å². The predicted octanol–water partition coefficient (Wildman–Crippen LogP) is 15.0. The lowest BCUT2D eigenvalue weighted by Crippen LogP contribution is -2.25. The maximum atomic E-state index is 6.87. The van der Waals surface area contributed by atoms with Gasteiger partial charge in [-0.2, -0.15) is 0 Å². The molecule has 1 N–H and O–H groups in total. The van der Waals surface area contributed by atoms with Gasteiger partial charge in [0.25, 0.3) is 0 Å². The van der Waals surface area contributed by atoms with E-state index < -0.39 is 0 Å². The lowest BCUT2D eigenvalue weighted by molar-refractivity contribution is 0.444. The van der Waals surface area contributed by atoms with Crippen LogP contribution < -0.4 is 5.32 Å². The summed E-state index contributed by atoms with van der Waals surface area (Å²) < 4.78 is 14.4. The summed E-state index contributed by atoms with van der Waals surface area (Å²) in [5.41, 5.74) is 8.46. The summed E-state index contributed by atoms with van der Waals surface area (Å²) in [5.74, 6) is 0.737. The van der Waals surface area contributed by atoms with Crippen molar-refractivity contribution in [2.45, 2.75) is 12.7 Å². The highest BCUT2D eigenvalue weighted by molar-refractivity contribution is 7.27. The molecule has 0 aliphatic heterocycles. The number of thiophene rings is 1. The maximum absolute atomic E-state index is 6.87. The zero-order valence-corrected chi connectivity index (χ0v) is 33.8. The van der Waals surface area contributed by atoms with E-state index in [-0.39, 0.29) is 6.04 Å². The number of fused-ring (bicyclic) bond motifs is 16. The number of furan rings is 1. The van der Waals surface area contributed by atoms with Gasteiger partial charge < -0.3 is 13.6 Å². The lowest BCUT2D eigenvalue weighted by Gasteiger charge is -2.21. The van der Waals surface area contributed by atoms with Gasteiger partial charge in [-0.05, 0) is 70.9 Å². The van der Waals surface area contributed by atoms with Gasteiger partial charge in [0.1, 0.15) is 11.3 Å². The van der Waals surface area contributed by atoms with Gasteiger partial charge in [0.2, 0.25) is 0 Å². The highest BCUT2D eigenvalue weighted by atomic mass is 32.1. The zero-order chi connectivity index (χ0) is 40.2. The van der Waals surface area contributed by atoms with E-state index in [4.69, 9.17) is 4.42 Å². The van der Waals surface area contributed by atoms with Crippen LogP contribution in [-0.2, 0) is 6.67 Å². The van der Waals surface area contributed by atoms with Crippen molar-refractivity contribution in [1.29, 1.82) is 0 Å². The Bertz CT molecular complexity index is 3920. The Morgan fingerprint density at radius 1 is 0.557 bits per heavy atom. The molecule has 13 aromatic rings. The minimum Gasteiger partial charge on any atom is -0.457 e. The molecule has 0 amide bonds. The van der Waals surface area contributed by atoms with Crippen molar-refractivity contribution in [3.8, 4) is 5.69 Å². The topological polar surface area (TPSA) is 47.4 Å². The van der Waals surface area contributed by atoms with Crippen molar-refractivity contribution in [1.82, 2.24) is 14.5 Å². The largest absolute Gasteiger partial charge is 0.457 e. The number of aliphatic imine (C=N–C) groups is 1. The van der Waals surface area contributed by atoms with Crippen LogP contribution in [0.15, 0.2) is 191 Å². The first-order valence-corrected chi connectivity index (χ1v) is 21.5. The van der Waals surface area contributed by atoms with Crippen molar-refractivity contribution in [2.75, 3.05) is 0 Å². The zero-order valence-electron chi connectivity index (χ0n) is 33.0. The molecule has 0 bridgehead atoms. The molecule has 0 saturated heterocycles. The van der Waals surface area contributed by atoms with Crippen molar-refractivity contribution in [3.63, 3.8) is 0 Å². The standard InChI is InChI=1S/C55H36N4OS/c1-56-51-41-22-10-13-25-46(41)60-54(51)50(34-28-29-38-37-19-9-12-24-44(37)59(45(38)31-34)35-16-3-2-4-17-35)57-32-58-52-36-18-6-5-15-33(36)27-30-43(52)48-39-20-7-8-21-40(39)49-42-23-11-14-26-47(42)61-55(49)53(48)58/h2-31,50,57H,1,32H2. The van der Waals surface area contributed by atoms with Gasteiger partial charge in [0, 0.05) is 53.5 Å². The van der Waals surface area contributed by atoms with Gasteiger partial charge in [0.15, 0.2) is 5.76 Å². The van der Waals surface area contributed by atoms with E-state index in [0.29, 0.717) is 6.67 Å². The smallest absolute Gasteiger partial charge is 0.152 e. The number of benzene rings is 9. The molecule has 4 heterocycles. The van der Waals surface area contributed by atoms with E-state index in [1.807, 2.05) is 29.5 Å². The number of aromatic nitrogens is 2. The third kappa shape index (κ3) is 4.95. The summed E-state index contributed by atoms with van der Waals surface area (Å²) in [6.45, 7) is 4.58. The summed E-state index contributed by atoms with van der Waals surface area (Å²) >= 11 is 1.89. The maximum Gasteiger partial charge on any atom is 0.152 e. The molecule has 5 nitrogen and oxygen atoms in total. The number of nitrogens with one attached hydrogen (secondary N) is 1. The van der Waals surface area contributed by atoms with E-state index in [1.54, 1.807) is 0 Å². The van der Waals surface area contributed by atoms with Crippen molar-refractivity contribution in [2.24, 2.45) is 4.99 Å². The van der Waals surface area contributed by atoms with E-state index in [9.17, 15) is 0 Å². The Morgan fingerprint density at radius 2 is 1.21 bits per heavy atom. The van der Waals surface area contributed by atoms with Gasteiger partial charge >= 0.3 is 0 Å². The van der Waals surface area contributed by atoms with Crippen molar-refractivity contribution >= 4 is 120 Å². The molecule has 0 radical (unpaired) electrons. The van der Waals surface area contributed by atoms with Crippen molar-refractivity contribution < 1.29 is 4.42 Å². The lowest BCUT2D eigenvalue weighted by atomic mass is 9.98. The van der Waals surface area contributed by atoms with Crippen LogP contribution in [-0.4, -0.2) is 15.9 Å². The summed E-state index contributed by atoms with van der Waals surface area (Å²) in [4.78, 5) is 4.66. The normalized spacial score (nSPS) is 12.7. The molecule has 61 heavy (non-hydrogen) atoms. The molecule has 1 atom stereocenters. The molecular formula is C55H36N4OS. The van der Waals surface area contributed by atoms with E-state index >= 15 is 0 Å². The first-order valence-electron chi connectivity index (χ1n) is 20.7. The van der Waals surface area contributed by atoms with Crippen LogP contribution in [0, 0.1) is 0 Å². The Balaban J connectivity index is 1.10. The minimum absolute atomic E-state index is 0.389. The monoisotopic (exact) mass is 800 g/mol. The average Bonchev–Trinajstić information content (AvgIpc) is 4.07. The van der Waals surface area contributed by atoms with E-state index in [1.165, 1.54) is 79.8 Å². The fourth-order valence-corrected chi connectivity index (χ4v) is 11.4. The number of hydrogen-bond acceptors (Lipinski definition) is 4. The predicted molar refractivity (Wildman–Crippen MR) is 259 cm³/mol. The van der Waals surface area contributed by atoms with Crippen LogP contribution in [0.5, 0.6) is 0 Å². The summed E-state index contributed by atoms with van der Waals surface area (Å²) in [6.07, 6.45) is 0. The number of para-hydroxylation sites is 3. The summed E-state index contributed by atoms with van der Waals surface area (Å²) in [6, 6.07) is 65.1. The molecule has 0 spiro atoms. The second-order valence-electron chi connectivity index (χ2n) is 15.9. The molecule has 6 heteroatoms. The first kappa shape index (κ1) is 34.4. The molecule has 288 valence electrons. The number of nitrogens with zero attached hydrogens (tertiary/aromatic N) is 3. The molecule has 9 aromatic carbocycles. The van der Waals surface area contributed by atoms with Crippen LogP contribution in [0.2, 0.25) is 0 Å². The quantitative estimate of drug-likeness (QED) is 0.163. The Morgan fingerprint density at radius 3 is 2.05 bits per heavy atom. The molecule has 13 rings (SSSR count). The first-order chi connectivity index (χ1) is 30.2. The molecule has 0 fully saturated rings. The van der Waals surface area contributed by atoms with Gasteiger partial charge in [-0.25, -0.2) is 0 Å². The van der Waals surface area contributed by atoms with Crippen LogP contribution in [0.3, 0.4) is 0 Å². The Hall–Kier alpha value is -7.51. The fraction of sp³-hybridized carbons (Fsp3) is 0.0364. The molecule has 4 aromatic heterocycles. The third-order valence-corrected chi connectivity index (χ3v) is 13.9. The fourth-order valence-electron chi connectivity index (χ4n) is 10.2. The second kappa shape index (κ2) is 13.2. The highest BCUT2D eigenvalue weighted by Crippen LogP contribution is 2.48. The molecule has 0 aliphatic carbocycles. The Labute approximate surface area is 354 Å². The number of hydrogen-bond donors (Lipinski definition) is 1. The minimum atomic E-state index is -0.389. The second-order valence-corrected chi connectivity index (χ2v) is 17.0. The third-order valence-electron chi connectivity index (χ3n) is 12.7.